The Balaban J connectivity index is 4.00. The molecule has 1 N–H and O–H groups in total. The van der Waals surface area contributed by atoms with Crippen LogP contribution in [0.2, 0.25) is 0 Å². The third kappa shape index (κ3) is 8.10. The van der Waals surface area contributed by atoms with Crippen LogP contribution in [0.3, 0.4) is 0 Å². The second-order valence-corrected chi connectivity index (χ2v) is 5.71. The highest BCUT2D eigenvalue weighted by atomic mass is 16.5. The van der Waals surface area contributed by atoms with Crippen LogP contribution in [0.1, 0.15) is 73.1 Å². The van der Waals surface area contributed by atoms with E-state index in [9.17, 15) is 0 Å². The summed E-state index contributed by atoms with van der Waals surface area (Å²) >= 11 is 0. The van der Waals surface area contributed by atoms with Gasteiger partial charge in [0.2, 0.25) is 0 Å². The zero-order chi connectivity index (χ0) is 13.9. The number of rotatable bonds is 12. The molecule has 0 saturated carbocycles. The smallest absolute Gasteiger partial charge is 0.0775 e. The number of unbranched alkanes of at least 4 members (excludes halogenated alkanes) is 1. The van der Waals surface area contributed by atoms with E-state index in [4.69, 9.17) is 4.74 Å². The molecule has 2 nitrogen and oxygen atoms in total. The lowest BCUT2D eigenvalue weighted by Gasteiger charge is -2.31. The fraction of sp³-hybridized carbons (Fsp3) is 1.00. The molecule has 2 atom stereocenters. The number of ether oxygens (including phenoxy) is 1. The van der Waals surface area contributed by atoms with Crippen LogP contribution >= 0.6 is 0 Å². The maximum Gasteiger partial charge on any atom is 0.0775 e. The van der Waals surface area contributed by atoms with Crippen LogP contribution in [-0.4, -0.2) is 25.3 Å². The van der Waals surface area contributed by atoms with E-state index in [-0.39, 0.29) is 5.60 Å². The summed E-state index contributed by atoms with van der Waals surface area (Å²) in [4.78, 5) is 0. The standard InChI is InChI=1S/C16H35NO/c1-6-10-11-15(8-3)13-18-16(5,9-4)14-17-12-7-2/h15,17H,6-14H2,1-5H3. The van der Waals surface area contributed by atoms with Gasteiger partial charge in [0.05, 0.1) is 12.2 Å². The number of nitrogens with one attached hydrogen (secondary N) is 1. The summed E-state index contributed by atoms with van der Waals surface area (Å²) in [5, 5.41) is 3.49. The van der Waals surface area contributed by atoms with Crippen molar-refractivity contribution in [3.8, 4) is 0 Å². The average Bonchev–Trinajstić information content (AvgIpc) is 2.39. The molecule has 18 heavy (non-hydrogen) atoms. The lowest BCUT2D eigenvalue weighted by Crippen LogP contribution is -2.41. The molecule has 0 rings (SSSR count). The van der Waals surface area contributed by atoms with Crippen LogP contribution < -0.4 is 5.32 Å². The van der Waals surface area contributed by atoms with Gasteiger partial charge in [-0.2, -0.15) is 0 Å². The highest BCUT2D eigenvalue weighted by Gasteiger charge is 2.23. The topological polar surface area (TPSA) is 21.3 Å². The summed E-state index contributed by atoms with van der Waals surface area (Å²) in [6, 6.07) is 0. The second-order valence-electron chi connectivity index (χ2n) is 5.71. The van der Waals surface area contributed by atoms with Crippen molar-refractivity contribution in [3.63, 3.8) is 0 Å². The fourth-order valence-corrected chi connectivity index (χ4v) is 2.02. The molecule has 0 amide bonds. The van der Waals surface area contributed by atoms with Crippen LogP contribution in [0.25, 0.3) is 0 Å². The van der Waals surface area contributed by atoms with Crippen molar-refractivity contribution < 1.29 is 4.74 Å². The van der Waals surface area contributed by atoms with E-state index in [0.717, 1.165) is 32.0 Å². The lowest BCUT2D eigenvalue weighted by molar-refractivity contribution is -0.0510. The molecule has 0 fully saturated rings. The van der Waals surface area contributed by atoms with Gasteiger partial charge in [-0.1, -0.05) is 47.0 Å². The molecular formula is C16H35NO. The van der Waals surface area contributed by atoms with Crippen molar-refractivity contribution in [3.05, 3.63) is 0 Å². The van der Waals surface area contributed by atoms with Crippen molar-refractivity contribution in [1.29, 1.82) is 0 Å². The monoisotopic (exact) mass is 257 g/mol. The summed E-state index contributed by atoms with van der Waals surface area (Å²) in [7, 11) is 0. The number of hydrogen-bond donors (Lipinski definition) is 1. The highest BCUT2D eigenvalue weighted by Crippen LogP contribution is 2.19. The molecule has 0 aliphatic heterocycles. The van der Waals surface area contributed by atoms with E-state index in [1.807, 2.05) is 0 Å². The Morgan fingerprint density at radius 3 is 2.33 bits per heavy atom. The molecule has 0 aliphatic rings. The molecule has 0 aromatic rings. The minimum Gasteiger partial charge on any atom is -0.374 e. The first-order valence-electron chi connectivity index (χ1n) is 7.96. The molecule has 0 spiro atoms. The van der Waals surface area contributed by atoms with E-state index in [2.05, 4.69) is 39.9 Å². The molecule has 0 aliphatic carbocycles. The molecular weight excluding hydrogens is 222 g/mol. The van der Waals surface area contributed by atoms with E-state index in [1.165, 1.54) is 32.1 Å². The first-order valence-corrected chi connectivity index (χ1v) is 7.96. The Labute approximate surface area is 115 Å². The quantitative estimate of drug-likeness (QED) is 0.524. The first kappa shape index (κ1) is 17.9. The van der Waals surface area contributed by atoms with Crippen molar-refractivity contribution in [2.24, 2.45) is 5.92 Å². The van der Waals surface area contributed by atoms with Crippen LogP contribution in [0.4, 0.5) is 0 Å². The van der Waals surface area contributed by atoms with Gasteiger partial charge in [-0.3, -0.25) is 0 Å². The van der Waals surface area contributed by atoms with Gasteiger partial charge in [-0.25, -0.2) is 0 Å². The third-order valence-corrected chi connectivity index (χ3v) is 3.88. The summed E-state index contributed by atoms with van der Waals surface area (Å²) in [5.41, 5.74) is 0.00873. The molecule has 110 valence electrons. The normalized spacial score (nSPS) is 16.5. The van der Waals surface area contributed by atoms with Gasteiger partial charge in [0.15, 0.2) is 0 Å². The minimum atomic E-state index is 0.00873. The number of hydrogen-bond acceptors (Lipinski definition) is 2. The molecule has 0 aromatic heterocycles. The Hall–Kier alpha value is -0.0800. The Morgan fingerprint density at radius 1 is 1.11 bits per heavy atom. The van der Waals surface area contributed by atoms with Crippen LogP contribution in [0.5, 0.6) is 0 Å². The maximum absolute atomic E-state index is 6.21. The summed E-state index contributed by atoms with van der Waals surface area (Å²) in [5.74, 6) is 0.738. The van der Waals surface area contributed by atoms with Gasteiger partial charge in [0.25, 0.3) is 0 Å². The Morgan fingerprint density at radius 2 is 1.83 bits per heavy atom. The second kappa shape index (κ2) is 10.8. The predicted molar refractivity (Wildman–Crippen MR) is 81.1 cm³/mol. The lowest BCUT2D eigenvalue weighted by atomic mass is 9.99. The van der Waals surface area contributed by atoms with E-state index >= 15 is 0 Å². The van der Waals surface area contributed by atoms with Gasteiger partial charge in [0.1, 0.15) is 0 Å². The largest absolute Gasteiger partial charge is 0.374 e. The summed E-state index contributed by atoms with van der Waals surface area (Å²) < 4.78 is 6.21. The van der Waals surface area contributed by atoms with Crippen molar-refractivity contribution in [1.82, 2.24) is 5.32 Å². The van der Waals surface area contributed by atoms with E-state index in [1.54, 1.807) is 0 Å². The highest BCUT2D eigenvalue weighted by molar-refractivity contribution is 4.77. The summed E-state index contributed by atoms with van der Waals surface area (Å²) in [6.07, 6.45) is 7.44. The Kier molecular flexibility index (Phi) is 10.8. The average molecular weight is 257 g/mol. The molecule has 0 saturated heterocycles. The van der Waals surface area contributed by atoms with E-state index in [0.29, 0.717) is 0 Å². The third-order valence-electron chi connectivity index (χ3n) is 3.88. The molecule has 2 heteroatoms. The minimum absolute atomic E-state index is 0.00873. The van der Waals surface area contributed by atoms with Gasteiger partial charge < -0.3 is 10.1 Å². The Bertz CT molecular complexity index is 184. The van der Waals surface area contributed by atoms with Crippen LogP contribution in [0.15, 0.2) is 0 Å². The van der Waals surface area contributed by atoms with Crippen LogP contribution in [-0.2, 0) is 4.74 Å². The molecule has 0 heterocycles. The molecule has 0 aromatic carbocycles. The summed E-state index contributed by atoms with van der Waals surface area (Å²) in [6.45, 7) is 14.2. The fourth-order valence-electron chi connectivity index (χ4n) is 2.02. The molecule has 0 bridgehead atoms. The van der Waals surface area contributed by atoms with Crippen LogP contribution in [0, 0.1) is 5.92 Å². The predicted octanol–water partition coefficient (Wildman–Crippen LogP) is 4.39. The maximum atomic E-state index is 6.21. The molecule has 2 unspecified atom stereocenters. The van der Waals surface area contributed by atoms with Crippen molar-refractivity contribution in [2.75, 3.05) is 19.7 Å². The van der Waals surface area contributed by atoms with E-state index < -0.39 is 0 Å². The van der Waals surface area contributed by atoms with Gasteiger partial charge in [-0.05, 0) is 38.6 Å². The van der Waals surface area contributed by atoms with Crippen molar-refractivity contribution in [2.45, 2.75) is 78.7 Å². The van der Waals surface area contributed by atoms with Crippen molar-refractivity contribution >= 4 is 0 Å². The van der Waals surface area contributed by atoms with Gasteiger partial charge in [0, 0.05) is 6.54 Å². The zero-order valence-corrected chi connectivity index (χ0v) is 13.3. The SMILES string of the molecule is CCCCC(CC)COC(C)(CC)CNCCC. The van der Waals surface area contributed by atoms with Gasteiger partial charge >= 0.3 is 0 Å². The zero-order valence-electron chi connectivity index (χ0n) is 13.3. The molecule has 0 radical (unpaired) electrons. The first-order chi connectivity index (χ1) is 8.61. The van der Waals surface area contributed by atoms with Gasteiger partial charge in [-0.15, -0.1) is 0 Å².